The van der Waals surface area contributed by atoms with E-state index in [1.54, 1.807) is 31.2 Å². The average molecular weight is 1100 g/mol. The fraction of sp³-hybridized carbons (Fsp3) is 0.524. The Balaban J connectivity index is 0.833. The van der Waals surface area contributed by atoms with Crippen molar-refractivity contribution < 1.29 is 47.1 Å². The van der Waals surface area contributed by atoms with Crippen LogP contribution in [-0.4, -0.2) is 106 Å². The molecule has 0 radical (unpaired) electrons. The van der Waals surface area contributed by atoms with Crippen molar-refractivity contribution in [1.29, 1.82) is 0 Å². The van der Waals surface area contributed by atoms with Crippen LogP contribution in [0, 0.1) is 29.6 Å². The van der Waals surface area contributed by atoms with Crippen LogP contribution in [0.3, 0.4) is 0 Å². The van der Waals surface area contributed by atoms with E-state index in [1.807, 2.05) is 29.2 Å². The minimum Gasteiger partial charge on any atom is -0.370 e. The van der Waals surface area contributed by atoms with Crippen molar-refractivity contribution in [2.75, 3.05) is 19.6 Å². The maximum Gasteiger partial charge on any atom is 0.270 e. The molecule has 7 amide bonds. The predicted octanol–water partition coefficient (Wildman–Crippen LogP) is 7.58. The number of amides is 7. The summed E-state index contributed by atoms with van der Waals surface area (Å²) in [6.07, 6.45) is 11.9. The molecule has 4 fully saturated rings. The van der Waals surface area contributed by atoms with E-state index in [1.165, 1.54) is 23.1 Å². The lowest BCUT2D eigenvalue weighted by molar-refractivity contribution is -0.142. The van der Waals surface area contributed by atoms with Gasteiger partial charge in [-0.2, -0.15) is 0 Å². The monoisotopic (exact) mass is 1100 g/mol. The van der Waals surface area contributed by atoms with Crippen LogP contribution in [0.2, 0.25) is 0 Å². The van der Waals surface area contributed by atoms with Gasteiger partial charge in [0.05, 0.1) is 12.1 Å². The van der Waals surface area contributed by atoms with Crippen LogP contribution in [0.15, 0.2) is 72.8 Å². The maximum absolute atomic E-state index is 14.8. The second-order valence-corrected chi connectivity index (χ2v) is 23.1. The first-order chi connectivity index (χ1) is 38.4. The second-order valence-electron chi connectivity index (χ2n) is 23.1. The molecule has 5 heterocycles. The third-order valence-electron chi connectivity index (χ3n) is 17.7. The van der Waals surface area contributed by atoms with Crippen molar-refractivity contribution in [3.05, 3.63) is 112 Å². The van der Waals surface area contributed by atoms with Gasteiger partial charge in [0.2, 0.25) is 35.4 Å². The van der Waals surface area contributed by atoms with Gasteiger partial charge in [-0.3, -0.25) is 48.6 Å². The Morgan fingerprint density at radius 1 is 0.875 bits per heavy atom. The molecule has 6 atom stereocenters. The first-order valence-electron chi connectivity index (χ1n) is 28.9. The molecule has 1 saturated carbocycles. The number of imide groups is 1. The highest BCUT2D eigenvalue weighted by Crippen LogP contribution is 2.40. The van der Waals surface area contributed by atoms with Gasteiger partial charge in [-0.05, 0) is 129 Å². The summed E-state index contributed by atoms with van der Waals surface area (Å²) in [6.45, 7) is 4.29. The molecule has 3 saturated heterocycles. The molecule has 3 aromatic rings. The summed E-state index contributed by atoms with van der Waals surface area (Å²) < 4.78 is 27.8. The molecule has 6 aliphatic rings. The Hall–Kier alpha value is -7.06. The normalized spacial score (nSPS) is 22.8. The summed E-state index contributed by atoms with van der Waals surface area (Å²) in [5.74, 6) is 0.673. The van der Waals surface area contributed by atoms with E-state index < -0.39 is 47.8 Å². The van der Waals surface area contributed by atoms with E-state index in [0.717, 1.165) is 93.4 Å². The van der Waals surface area contributed by atoms with Crippen molar-refractivity contribution in [1.82, 2.24) is 30.7 Å². The first kappa shape index (κ1) is 57.6. The molecule has 0 aromatic heterocycles. The highest BCUT2D eigenvalue weighted by molar-refractivity contribution is 6.05. The lowest BCUT2D eigenvalue weighted by Gasteiger charge is -2.42. The molecule has 80 heavy (non-hydrogen) atoms. The summed E-state index contributed by atoms with van der Waals surface area (Å²) >= 11 is 0. The van der Waals surface area contributed by atoms with Gasteiger partial charge in [0.25, 0.3) is 11.8 Å². The van der Waals surface area contributed by atoms with Crippen LogP contribution < -0.4 is 21.7 Å². The van der Waals surface area contributed by atoms with E-state index in [9.17, 15) is 47.1 Å². The molecule has 0 bridgehead atoms. The lowest BCUT2D eigenvalue weighted by Crippen LogP contribution is -2.56. The third kappa shape index (κ3) is 13.7. The van der Waals surface area contributed by atoms with Crippen LogP contribution in [-0.2, 0) is 52.4 Å². The Morgan fingerprint density at radius 2 is 1.62 bits per heavy atom. The molecule has 15 nitrogen and oxygen atoms in total. The number of allylic oxidation sites excluding steroid dienone is 1. The number of benzene rings is 3. The van der Waals surface area contributed by atoms with Gasteiger partial charge in [0.15, 0.2) is 5.78 Å². The van der Waals surface area contributed by atoms with E-state index >= 15 is 0 Å². The number of nitrogens with zero attached hydrogens (tertiary/aromatic N) is 3. The molecule has 1 unspecified atom stereocenters. The summed E-state index contributed by atoms with van der Waals surface area (Å²) in [5, 5.41) is 8.59. The van der Waals surface area contributed by atoms with Crippen LogP contribution in [0.1, 0.15) is 173 Å². The number of hydrogen-bond donors (Lipinski definition) is 4. The van der Waals surface area contributed by atoms with E-state index in [2.05, 4.69) is 38.8 Å². The van der Waals surface area contributed by atoms with E-state index in [-0.39, 0.29) is 91.5 Å². The zero-order valence-corrected chi connectivity index (χ0v) is 46.0. The number of hydrogen-bond acceptors (Lipinski definition) is 9. The van der Waals surface area contributed by atoms with Gasteiger partial charge >= 0.3 is 0 Å². The summed E-state index contributed by atoms with van der Waals surface area (Å²) in [4.78, 5) is 113. The van der Waals surface area contributed by atoms with Gasteiger partial charge in [-0.15, -0.1) is 0 Å². The molecule has 0 spiro atoms. The largest absolute Gasteiger partial charge is 0.370 e. The summed E-state index contributed by atoms with van der Waals surface area (Å²) in [5.41, 5.74) is 11.0. The number of Topliss-reactive ketones (excluding diaryl/α,β-unsaturated/α-hetero) is 1. The van der Waals surface area contributed by atoms with Crippen molar-refractivity contribution >= 4 is 52.7 Å². The number of rotatable bonds is 17. The zero-order chi connectivity index (χ0) is 56.7. The van der Waals surface area contributed by atoms with Gasteiger partial charge in [-0.1, -0.05) is 85.7 Å². The predicted molar refractivity (Wildman–Crippen MR) is 297 cm³/mol. The molecule has 5 N–H and O–H groups in total. The molecular weight excluding hydrogens is 1020 g/mol. The Bertz CT molecular complexity index is 2950. The molecule has 3 aromatic carbocycles. The third-order valence-corrected chi connectivity index (χ3v) is 17.7. The van der Waals surface area contributed by atoms with Crippen LogP contribution >= 0.6 is 0 Å². The number of carbonyl (C=O) groups excluding carboxylic acids is 8. The number of halogens is 2. The average Bonchev–Trinajstić information content (AvgIpc) is 3.70. The van der Waals surface area contributed by atoms with E-state index in [0.29, 0.717) is 61.5 Å². The Morgan fingerprint density at radius 3 is 2.35 bits per heavy atom. The highest BCUT2D eigenvalue weighted by Gasteiger charge is 2.43. The standard InChI is InChI=1S/C63H75F2N7O8/c1-39(41-22-24-45(25-23-41)63(2,64)65)34-58(76)67-46-35-44-16-8-9-18-47(44)52-20-11-21-53(71(52)37-46)59(77)68-51(26-28-56(66)74)55(73)36-49(42-13-4-3-5-14-42)61(79)70-32-30-40(31-33-70)12-6-7-15-43-17-10-19-48-50(43)38-72(62(48)80)54-27-29-57(75)69-60(54)78/h8-10,16-19,22-25,34,40,42,46,49,51-54H,3-6,11-14,20-21,26-33,35-38H2,1-2H3,(H2,66,74)(H,67,76)(H,68,77)(H,69,75,78)/b39-34+/t46-,49-,51-,52+,53-,54?/m0/s1. The summed E-state index contributed by atoms with van der Waals surface area (Å²) in [7, 11) is 0. The quantitative estimate of drug-likeness (QED) is 0.0596. The lowest BCUT2D eigenvalue weighted by atomic mass is 9.76. The maximum atomic E-state index is 14.8. The molecule has 1 aliphatic carbocycles. The second kappa shape index (κ2) is 25.6. The van der Waals surface area contributed by atoms with Gasteiger partial charge in [0, 0.05) is 99.6 Å². The number of fused-ring (bicyclic) bond motifs is 4. The van der Waals surface area contributed by atoms with Gasteiger partial charge < -0.3 is 26.2 Å². The topological polar surface area (TPSA) is 208 Å². The number of carbonyl (C=O) groups is 8. The van der Waals surface area contributed by atoms with Crippen molar-refractivity contribution in [2.24, 2.45) is 23.5 Å². The minimum absolute atomic E-state index is 0.00159. The van der Waals surface area contributed by atoms with Gasteiger partial charge in [0.1, 0.15) is 6.04 Å². The van der Waals surface area contributed by atoms with Crippen molar-refractivity contribution in [3.8, 4) is 11.8 Å². The Kier molecular flexibility index (Phi) is 18.4. The molecule has 424 valence electrons. The van der Waals surface area contributed by atoms with Gasteiger partial charge in [-0.25, -0.2) is 8.78 Å². The zero-order valence-electron chi connectivity index (χ0n) is 46.0. The molecule has 17 heteroatoms. The number of primary amides is 1. The SMILES string of the molecule is C/C(=C\C(=O)N[C@H]1Cc2ccccc2[C@H]2CCC[C@@H](C(=O)N[C@@H](CCC(N)=O)C(=O)C[C@H](C(=O)N3CCC(CCC#Cc4cccc5c4CN(C4CCC(=O)NC4=O)C5=O)CC3)C3CCCCC3)N2C1)c1ccc(C(C)(F)F)cc1. The number of likely N-dealkylation sites (tertiary alicyclic amines) is 1. The number of piperidine rings is 3. The fourth-order valence-electron chi connectivity index (χ4n) is 13.2. The van der Waals surface area contributed by atoms with E-state index in [4.69, 9.17) is 5.73 Å². The number of ketones is 1. The van der Waals surface area contributed by atoms with Crippen molar-refractivity contribution in [3.63, 3.8) is 0 Å². The first-order valence-corrected chi connectivity index (χ1v) is 28.9. The van der Waals surface area contributed by atoms with Crippen LogP contribution in [0.4, 0.5) is 8.78 Å². The number of nitrogens with two attached hydrogens (primary N) is 1. The molecule has 5 aliphatic heterocycles. The number of nitrogens with one attached hydrogen (secondary N) is 3. The fourth-order valence-corrected chi connectivity index (χ4v) is 13.2. The molecular formula is C63H75F2N7O8. The van der Waals surface area contributed by atoms with Crippen LogP contribution in [0.25, 0.3) is 5.57 Å². The molecule has 9 rings (SSSR count). The highest BCUT2D eigenvalue weighted by atomic mass is 19.3. The summed E-state index contributed by atoms with van der Waals surface area (Å²) in [6, 6.07) is 16.4. The minimum atomic E-state index is -2.99. The van der Waals surface area contributed by atoms with Crippen LogP contribution in [0.5, 0.6) is 0 Å². The smallest absolute Gasteiger partial charge is 0.270 e. The van der Waals surface area contributed by atoms with Crippen molar-refractivity contribution in [2.45, 2.75) is 172 Å². The Labute approximate surface area is 467 Å². The number of alkyl halides is 2.